The van der Waals surface area contributed by atoms with E-state index in [4.69, 9.17) is 11.6 Å². The molecule has 0 bridgehead atoms. The smallest absolute Gasteiger partial charge is 0.112 e. The first-order chi connectivity index (χ1) is 3.39. The zero-order valence-corrected chi connectivity index (χ0v) is 6.32. The first-order valence-corrected chi connectivity index (χ1v) is 3.09. The van der Waals surface area contributed by atoms with Gasteiger partial charge < -0.3 is 4.72 Å². The fourth-order valence-corrected chi connectivity index (χ4v) is 0.900. The highest BCUT2D eigenvalue weighted by Gasteiger charge is 1.88. The van der Waals surface area contributed by atoms with Gasteiger partial charge in [-0.2, -0.15) is 0 Å². The van der Waals surface area contributed by atoms with Gasteiger partial charge in [0.15, 0.2) is 0 Å². The van der Waals surface area contributed by atoms with Crippen LogP contribution in [-0.4, -0.2) is 0 Å². The van der Waals surface area contributed by atoms with E-state index in [1.807, 2.05) is 11.5 Å². The van der Waals surface area contributed by atoms with Gasteiger partial charge >= 0.3 is 0 Å². The molecule has 0 saturated heterocycles. The van der Waals surface area contributed by atoms with E-state index in [2.05, 4.69) is 4.72 Å². The van der Waals surface area contributed by atoms with Crippen molar-refractivity contribution in [1.29, 1.82) is 0 Å². The Balaban J connectivity index is 0.000000490. The number of hydrogen-bond donors (Lipinski definition) is 1. The Labute approximate surface area is 63.7 Å². The van der Waals surface area contributed by atoms with Crippen LogP contribution in [0.1, 0.15) is 0 Å². The molecular formula is C4H5Cl2NS. The predicted octanol–water partition coefficient (Wildman–Crippen LogP) is 2.25. The zero-order chi connectivity index (χ0) is 5.11. The van der Waals surface area contributed by atoms with E-state index in [1.165, 1.54) is 11.9 Å². The zero-order valence-electron chi connectivity index (χ0n) is 3.93. The maximum atomic E-state index is 5.49. The lowest BCUT2D eigenvalue weighted by atomic mass is 10.6. The summed E-state index contributed by atoms with van der Waals surface area (Å²) in [4.78, 5) is 0. The van der Waals surface area contributed by atoms with Crippen molar-refractivity contribution in [3.63, 3.8) is 0 Å². The molecule has 1 heterocycles. The molecule has 0 aromatic heterocycles. The number of hydrogen-bond acceptors (Lipinski definition) is 2. The molecule has 0 aromatic carbocycles. The van der Waals surface area contributed by atoms with Crippen LogP contribution in [0.25, 0.3) is 0 Å². The number of allylic oxidation sites excluding steroid dienone is 2. The van der Waals surface area contributed by atoms with Crippen LogP contribution < -0.4 is 4.72 Å². The molecule has 0 radical (unpaired) electrons. The fourth-order valence-electron chi connectivity index (χ4n) is 0.287. The Hall–Kier alpha value is 0.210. The molecule has 1 aliphatic rings. The van der Waals surface area contributed by atoms with Crippen molar-refractivity contribution in [1.82, 2.24) is 4.72 Å². The van der Waals surface area contributed by atoms with Crippen LogP contribution in [0.15, 0.2) is 22.7 Å². The molecule has 1 nitrogen and oxygen atoms in total. The minimum atomic E-state index is 0. The Morgan fingerprint density at radius 2 is 2.38 bits per heavy atom. The molecule has 0 spiro atoms. The van der Waals surface area contributed by atoms with Crippen LogP contribution in [0.2, 0.25) is 0 Å². The minimum Gasteiger partial charge on any atom is -0.317 e. The molecule has 4 heteroatoms. The Kier molecular flexibility index (Phi) is 4.23. The summed E-state index contributed by atoms with van der Waals surface area (Å²) in [7, 11) is 0. The van der Waals surface area contributed by atoms with Crippen LogP contribution >= 0.6 is 36.0 Å². The van der Waals surface area contributed by atoms with Crippen LogP contribution in [0.3, 0.4) is 0 Å². The minimum absolute atomic E-state index is 0. The summed E-state index contributed by atoms with van der Waals surface area (Å²) >= 11 is 6.97. The summed E-state index contributed by atoms with van der Waals surface area (Å²) in [6.07, 6.45) is 3.70. The van der Waals surface area contributed by atoms with Crippen molar-refractivity contribution in [3.05, 3.63) is 22.7 Å². The highest BCUT2D eigenvalue weighted by Crippen LogP contribution is 2.09. The third-order valence-corrected chi connectivity index (χ3v) is 1.51. The maximum absolute atomic E-state index is 5.49. The molecule has 8 heavy (non-hydrogen) atoms. The van der Waals surface area contributed by atoms with E-state index in [0.717, 1.165) is 0 Å². The molecule has 0 aliphatic carbocycles. The third-order valence-electron chi connectivity index (χ3n) is 0.546. The molecule has 0 amide bonds. The van der Waals surface area contributed by atoms with Gasteiger partial charge in [-0.25, -0.2) is 0 Å². The van der Waals surface area contributed by atoms with Gasteiger partial charge in [-0.3, -0.25) is 0 Å². The number of rotatable bonds is 0. The van der Waals surface area contributed by atoms with Gasteiger partial charge in [0.05, 0.1) is 0 Å². The second-order valence-electron chi connectivity index (χ2n) is 1.06. The predicted molar refractivity (Wildman–Crippen MR) is 41.1 cm³/mol. The Morgan fingerprint density at radius 1 is 1.62 bits per heavy atom. The van der Waals surface area contributed by atoms with E-state index >= 15 is 0 Å². The van der Waals surface area contributed by atoms with Crippen LogP contribution in [0, 0.1) is 0 Å². The highest BCUT2D eigenvalue weighted by atomic mass is 35.5. The molecule has 0 unspecified atom stereocenters. The normalized spacial score (nSPS) is 15.9. The van der Waals surface area contributed by atoms with Gasteiger partial charge in [0.1, 0.15) is 5.16 Å². The van der Waals surface area contributed by atoms with E-state index in [1.54, 1.807) is 6.08 Å². The molecule has 1 rings (SSSR count). The molecule has 0 atom stereocenters. The summed E-state index contributed by atoms with van der Waals surface area (Å²) < 4.78 is 2.84. The van der Waals surface area contributed by atoms with Crippen molar-refractivity contribution < 1.29 is 0 Å². The van der Waals surface area contributed by atoms with E-state index in [-0.39, 0.29) is 12.4 Å². The molecule has 1 aliphatic heterocycles. The van der Waals surface area contributed by atoms with E-state index < -0.39 is 0 Å². The van der Waals surface area contributed by atoms with E-state index in [9.17, 15) is 0 Å². The van der Waals surface area contributed by atoms with Crippen LogP contribution in [-0.2, 0) is 0 Å². The third kappa shape index (κ3) is 2.50. The molecule has 0 fully saturated rings. The second kappa shape index (κ2) is 4.13. The van der Waals surface area contributed by atoms with Crippen molar-refractivity contribution in [2.75, 3.05) is 0 Å². The first-order valence-electron chi connectivity index (χ1n) is 1.83. The van der Waals surface area contributed by atoms with Crippen molar-refractivity contribution >= 4 is 36.0 Å². The number of nitrogens with one attached hydrogen (secondary N) is 1. The van der Waals surface area contributed by atoms with Gasteiger partial charge in [-0.05, 0) is 23.4 Å². The molecule has 0 saturated carbocycles. The summed E-state index contributed by atoms with van der Waals surface area (Å²) in [5.74, 6) is 0. The van der Waals surface area contributed by atoms with Crippen LogP contribution in [0.4, 0.5) is 0 Å². The lowest BCUT2D eigenvalue weighted by Crippen LogP contribution is -1.96. The summed E-state index contributed by atoms with van der Waals surface area (Å²) in [5, 5.41) is 2.61. The van der Waals surface area contributed by atoms with E-state index in [0.29, 0.717) is 5.16 Å². The first kappa shape index (κ1) is 8.21. The van der Waals surface area contributed by atoms with Gasteiger partial charge in [0.2, 0.25) is 0 Å². The summed E-state index contributed by atoms with van der Waals surface area (Å²) in [6.45, 7) is 0. The van der Waals surface area contributed by atoms with Crippen molar-refractivity contribution in [3.8, 4) is 0 Å². The van der Waals surface area contributed by atoms with Crippen molar-refractivity contribution in [2.45, 2.75) is 0 Å². The Morgan fingerprint density at radius 3 is 2.62 bits per heavy atom. The lowest BCUT2D eigenvalue weighted by Gasteiger charge is -2.00. The van der Waals surface area contributed by atoms with Gasteiger partial charge in [-0.1, -0.05) is 17.7 Å². The van der Waals surface area contributed by atoms with Crippen LogP contribution in [0.5, 0.6) is 0 Å². The maximum Gasteiger partial charge on any atom is 0.112 e. The van der Waals surface area contributed by atoms with Gasteiger partial charge in [-0.15, -0.1) is 12.4 Å². The molecule has 46 valence electrons. The molecule has 0 aromatic rings. The standard InChI is InChI=1S/C4H4ClNS.ClH/c5-4-2-1-3-7-6-4;/h1-3,6H;1H. The SMILES string of the molecule is Cl.ClC1=CC=CSN1. The summed E-state index contributed by atoms with van der Waals surface area (Å²) in [6, 6.07) is 0. The number of halogens is 2. The van der Waals surface area contributed by atoms with Crippen molar-refractivity contribution in [2.24, 2.45) is 0 Å². The quantitative estimate of drug-likeness (QED) is 0.442. The topological polar surface area (TPSA) is 12.0 Å². The second-order valence-corrected chi connectivity index (χ2v) is 2.18. The lowest BCUT2D eigenvalue weighted by molar-refractivity contribution is 1.36. The largest absolute Gasteiger partial charge is 0.317 e. The van der Waals surface area contributed by atoms with Gasteiger partial charge in [0, 0.05) is 0 Å². The monoisotopic (exact) mass is 169 g/mol. The summed E-state index contributed by atoms with van der Waals surface area (Å²) in [5.41, 5.74) is 0. The average molecular weight is 170 g/mol. The average Bonchev–Trinajstić information content (AvgIpc) is 1.69. The fraction of sp³-hybridized carbons (Fsp3) is 0. The Bertz CT molecular complexity index is 121. The highest BCUT2D eigenvalue weighted by molar-refractivity contribution is 8.00. The molecular weight excluding hydrogens is 165 g/mol. The van der Waals surface area contributed by atoms with Gasteiger partial charge in [0.25, 0.3) is 0 Å². The molecule has 1 N–H and O–H groups in total.